The van der Waals surface area contributed by atoms with Crippen LogP contribution in [0.5, 0.6) is 0 Å². The van der Waals surface area contributed by atoms with Crippen molar-refractivity contribution in [3.8, 4) is 0 Å². The molecule has 2 amide bonds. The van der Waals surface area contributed by atoms with Gasteiger partial charge in [0.2, 0.25) is 11.8 Å². The fourth-order valence-electron chi connectivity index (χ4n) is 1.27. The molecule has 5 nitrogen and oxygen atoms in total. The largest absolute Gasteiger partial charge is 0.416 e. The van der Waals surface area contributed by atoms with Crippen LogP contribution in [0.1, 0.15) is 32.6 Å². The summed E-state index contributed by atoms with van der Waals surface area (Å²) < 4.78 is 35.8. The predicted octanol–water partition coefficient (Wildman–Crippen LogP) is 0.722. The first-order valence-electron chi connectivity index (χ1n) is 5.99. The molecule has 0 aliphatic carbocycles. The minimum absolute atomic E-state index is 0.102. The summed E-state index contributed by atoms with van der Waals surface area (Å²) in [7, 11) is 0. The molecule has 0 spiro atoms. The first-order valence-corrected chi connectivity index (χ1v) is 5.99. The highest BCUT2D eigenvalue weighted by Crippen LogP contribution is 2.19. The van der Waals surface area contributed by atoms with Crippen molar-refractivity contribution in [3.63, 3.8) is 0 Å². The normalized spacial score (nSPS) is 12.9. The third-order valence-electron chi connectivity index (χ3n) is 2.32. The lowest BCUT2D eigenvalue weighted by Crippen LogP contribution is -2.40. The SMILES string of the molecule is CC(=O)NCCCCCC(=O)NCC(O)C(F)(F)F. The lowest BCUT2D eigenvalue weighted by molar-refractivity contribution is -0.201. The summed E-state index contributed by atoms with van der Waals surface area (Å²) in [6.07, 6.45) is -5.23. The first kappa shape index (κ1) is 17.7. The zero-order valence-corrected chi connectivity index (χ0v) is 10.7. The number of amides is 2. The van der Waals surface area contributed by atoms with Gasteiger partial charge in [-0.1, -0.05) is 6.42 Å². The Bertz CT molecular complexity index is 295. The van der Waals surface area contributed by atoms with Crippen LogP contribution >= 0.6 is 0 Å². The van der Waals surface area contributed by atoms with Crippen molar-refractivity contribution in [1.29, 1.82) is 0 Å². The van der Waals surface area contributed by atoms with Gasteiger partial charge in [-0.3, -0.25) is 9.59 Å². The van der Waals surface area contributed by atoms with Crippen molar-refractivity contribution >= 4 is 11.8 Å². The topological polar surface area (TPSA) is 78.4 Å². The van der Waals surface area contributed by atoms with Crippen LogP contribution < -0.4 is 10.6 Å². The molecule has 0 heterocycles. The molecule has 0 saturated carbocycles. The smallest absolute Gasteiger partial charge is 0.382 e. The van der Waals surface area contributed by atoms with Crippen LogP contribution in [0.15, 0.2) is 0 Å². The minimum Gasteiger partial charge on any atom is -0.382 e. The molecule has 0 aliphatic heterocycles. The quantitative estimate of drug-likeness (QED) is 0.575. The number of unbranched alkanes of at least 4 members (excludes halogenated alkanes) is 2. The van der Waals surface area contributed by atoms with E-state index in [2.05, 4.69) is 5.32 Å². The lowest BCUT2D eigenvalue weighted by Gasteiger charge is -2.14. The van der Waals surface area contributed by atoms with Gasteiger partial charge in [-0.15, -0.1) is 0 Å². The lowest BCUT2D eigenvalue weighted by atomic mass is 10.2. The minimum atomic E-state index is -4.72. The van der Waals surface area contributed by atoms with Crippen LogP contribution in [0, 0.1) is 0 Å². The van der Waals surface area contributed by atoms with Crippen LogP contribution in [-0.4, -0.2) is 42.3 Å². The molecule has 1 atom stereocenters. The van der Waals surface area contributed by atoms with Gasteiger partial charge in [-0.25, -0.2) is 0 Å². The van der Waals surface area contributed by atoms with Gasteiger partial charge in [0.1, 0.15) is 0 Å². The van der Waals surface area contributed by atoms with Crippen LogP contribution in [0.25, 0.3) is 0 Å². The molecule has 0 aliphatic rings. The van der Waals surface area contributed by atoms with Crippen molar-refractivity contribution < 1.29 is 27.9 Å². The molecule has 19 heavy (non-hydrogen) atoms. The summed E-state index contributed by atoms with van der Waals surface area (Å²) in [5.74, 6) is -0.651. The average molecular weight is 284 g/mol. The molecule has 0 radical (unpaired) electrons. The Morgan fingerprint density at radius 1 is 1.16 bits per heavy atom. The zero-order chi connectivity index (χ0) is 14.9. The highest BCUT2D eigenvalue weighted by molar-refractivity contribution is 5.75. The van der Waals surface area contributed by atoms with Gasteiger partial charge in [-0.2, -0.15) is 13.2 Å². The Labute approximate surface area is 109 Å². The van der Waals surface area contributed by atoms with Crippen LogP contribution in [0.2, 0.25) is 0 Å². The summed E-state index contributed by atoms with van der Waals surface area (Å²) in [6.45, 7) is 1.09. The number of aliphatic hydroxyl groups is 1. The van der Waals surface area contributed by atoms with Crippen LogP contribution in [0.3, 0.4) is 0 Å². The van der Waals surface area contributed by atoms with Gasteiger partial charge in [0.05, 0.1) is 6.54 Å². The van der Waals surface area contributed by atoms with E-state index < -0.39 is 24.7 Å². The number of rotatable bonds is 8. The molecular formula is C11H19F3N2O3. The molecule has 3 N–H and O–H groups in total. The van der Waals surface area contributed by atoms with Crippen molar-refractivity contribution in [1.82, 2.24) is 10.6 Å². The van der Waals surface area contributed by atoms with Gasteiger partial charge in [0, 0.05) is 19.9 Å². The number of alkyl halides is 3. The maximum absolute atomic E-state index is 11.9. The Morgan fingerprint density at radius 3 is 2.32 bits per heavy atom. The molecule has 0 bridgehead atoms. The maximum Gasteiger partial charge on any atom is 0.416 e. The van der Waals surface area contributed by atoms with E-state index in [1.807, 2.05) is 5.32 Å². The van der Waals surface area contributed by atoms with Gasteiger partial charge >= 0.3 is 6.18 Å². The molecule has 0 aromatic rings. The molecule has 0 saturated heterocycles. The van der Waals surface area contributed by atoms with Gasteiger partial charge in [-0.05, 0) is 12.8 Å². The highest BCUT2D eigenvalue weighted by Gasteiger charge is 2.38. The molecule has 112 valence electrons. The Kier molecular flexibility index (Phi) is 8.13. The average Bonchev–Trinajstić information content (AvgIpc) is 2.28. The van der Waals surface area contributed by atoms with Crippen LogP contribution in [-0.2, 0) is 9.59 Å². The van der Waals surface area contributed by atoms with E-state index in [0.29, 0.717) is 25.8 Å². The van der Waals surface area contributed by atoms with E-state index >= 15 is 0 Å². The number of halogens is 3. The summed E-state index contributed by atoms with van der Waals surface area (Å²) in [4.78, 5) is 21.7. The van der Waals surface area contributed by atoms with Crippen LogP contribution in [0.4, 0.5) is 13.2 Å². The van der Waals surface area contributed by atoms with E-state index in [-0.39, 0.29) is 12.3 Å². The zero-order valence-electron chi connectivity index (χ0n) is 10.7. The summed E-state index contributed by atoms with van der Waals surface area (Å²) >= 11 is 0. The first-order chi connectivity index (χ1) is 8.73. The molecule has 1 unspecified atom stereocenters. The van der Waals surface area contributed by atoms with E-state index in [9.17, 15) is 22.8 Å². The van der Waals surface area contributed by atoms with E-state index in [1.165, 1.54) is 6.92 Å². The maximum atomic E-state index is 11.9. The van der Waals surface area contributed by atoms with E-state index in [4.69, 9.17) is 5.11 Å². The van der Waals surface area contributed by atoms with E-state index in [0.717, 1.165) is 0 Å². The van der Waals surface area contributed by atoms with Gasteiger partial charge in [0.15, 0.2) is 6.10 Å². The standard InChI is InChI=1S/C11H19F3N2O3/c1-8(17)15-6-4-2-3-5-10(19)16-7-9(18)11(12,13)14/h9,18H,2-7H2,1H3,(H,15,17)(H,16,19). The number of aliphatic hydroxyl groups excluding tert-OH is 1. The number of nitrogens with one attached hydrogen (secondary N) is 2. The summed E-state index contributed by atoms with van der Waals surface area (Å²) in [6, 6.07) is 0. The van der Waals surface area contributed by atoms with Crippen molar-refractivity contribution in [2.24, 2.45) is 0 Å². The number of hydrogen-bond acceptors (Lipinski definition) is 3. The second kappa shape index (κ2) is 8.73. The number of carbonyl (C=O) groups is 2. The molecule has 0 rings (SSSR count). The number of carbonyl (C=O) groups excluding carboxylic acids is 2. The van der Waals surface area contributed by atoms with Crippen molar-refractivity contribution in [2.45, 2.75) is 44.9 Å². The van der Waals surface area contributed by atoms with Gasteiger partial charge in [0.25, 0.3) is 0 Å². The molecule has 8 heteroatoms. The second-order valence-corrected chi connectivity index (χ2v) is 4.16. The molecule has 0 aromatic heterocycles. The van der Waals surface area contributed by atoms with Gasteiger partial charge < -0.3 is 15.7 Å². The fourth-order valence-corrected chi connectivity index (χ4v) is 1.27. The molecule has 0 fully saturated rings. The highest BCUT2D eigenvalue weighted by atomic mass is 19.4. The monoisotopic (exact) mass is 284 g/mol. The third-order valence-corrected chi connectivity index (χ3v) is 2.32. The third kappa shape index (κ3) is 10.3. The summed E-state index contributed by atoms with van der Waals surface area (Å²) in [5, 5.41) is 13.3. The van der Waals surface area contributed by atoms with Crippen molar-refractivity contribution in [2.75, 3.05) is 13.1 Å². The molecular weight excluding hydrogens is 265 g/mol. The summed E-state index contributed by atoms with van der Waals surface area (Å²) in [5.41, 5.74) is 0. The number of hydrogen-bond donors (Lipinski definition) is 3. The Morgan fingerprint density at radius 2 is 1.79 bits per heavy atom. The predicted molar refractivity (Wildman–Crippen MR) is 62.2 cm³/mol. The Hall–Kier alpha value is -1.31. The molecule has 0 aromatic carbocycles. The Balaban J connectivity index is 3.53. The van der Waals surface area contributed by atoms with E-state index in [1.54, 1.807) is 0 Å². The fraction of sp³-hybridized carbons (Fsp3) is 0.818. The van der Waals surface area contributed by atoms with Crippen molar-refractivity contribution in [3.05, 3.63) is 0 Å². The second-order valence-electron chi connectivity index (χ2n) is 4.16.